The van der Waals surface area contributed by atoms with Crippen LogP contribution in [0.15, 0.2) is 22.2 Å². The van der Waals surface area contributed by atoms with Crippen LogP contribution in [0.5, 0.6) is 0 Å². The lowest BCUT2D eigenvalue weighted by Crippen LogP contribution is -2.55. The van der Waals surface area contributed by atoms with E-state index in [0.717, 1.165) is 0 Å². The normalized spacial score (nSPS) is 70.4. The van der Waals surface area contributed by atoms with Gasteiger partial charge in [-0.05, 0) is 30.1 Å². The van der Waals surface area contributed by atoms with Crippen LogP contribution in [-0.4, -0.2) is 38.5 Å². The van der Waals surface area contributed by atoms with Crippen molar-refractivity contribution in [3.63, 3.8) is 0 Å². The van der Waals surface area contributed by atoms with Crippen molar-refractivity contribution in [2.24, 2.45) is 47.3 Å². The van der Waals surface area contributed by atoms with E-state index in [9.17, 15) is 0 Å². The molecule has 0 spiro atoms. The summed E-state index contributed by atoms with van der Waals surface area (Å²) >= 11 is 41.2. The van der Waals surface area contributed by atoms with Crippen LogP contribution in [-0.2, 0) is 9.47 Å². The van der Waals surface area contributed by atoms with Gasteiger partial charge in [-0.1, -0.05) is 58.6 Å². The standard InChI is InChI=1S/C20H16Cl6O2/c21-16-17(22)19(24)11-10(18(16,23)20(19,25)26)14-8-9(15(11)28-14)13-7-5-2-1-4(3-5)6(7)12(8)27-13/h1-2,4-15H,3H2/t4-,5+,6-,7+,8+,9-,10+,11-,12-,13+,14-,15+,18-,19+. The van der Waals surface area contributed by atoms with E-state index >= 15 is 0 Å². The number of allylic oxidation sites excluding steroid dienone is 4. The van der Waals surface area contributed by atoms with Crippen molar-refractivity contribution >= 4 is 69.6 Å². The van der Waals surface area contributed by atoms with Crippen LogP contribution in [0.25, 0.3) is 0 Å². The molecule has 8 bridgehead atoms. The summed E-state index contributed by atoms with van der Waals surface area (Å²) in [5, 5.41) is 0.573. The maximum atomic E-state index is 7.13. The average Bonchev–Trinajstić information content (AvgIpc) is 3.47. The summed E-state index contributed by atoms with van der Waals surface area (Å²) in [6, 6.07) is 0. The van der Waals surface area contributed by atoms with E-state index in [2.05, 4.69) is 12.2 Å². The Morgan fingerprint density at radius 3 is 1.57 bits per heavy atom. The smallest absolute Gasteiger partial charge is 0.167 e. The van der Waals surface area contributed by atoms with E-state index in [1.165, 1.54) is 6.42 Å². The average molecular weight is 501 g/mol. The zero-order valence-corrected chi connectivity index (χ0v) is 18.9. The summed E-state index contributed by atoms with van der Waals surface area (Å²) in [6.45, 7) is 0. The zero-order chi connectivity index (χ0) is 19.1. The predicted octanol–water partition coefficient (Wildman–Crippen LogP) is 5.30. The summed E-state index contributed by atoms with van der Waals surface area (Å²) < 4.78 is 11.8. The molecule has 0 amide bonds. The maximum absolute atomic E-state index is 7.13. The Balaban J connectivity index is 1.29. The molecule has 4 aliphatic heterocycles. The Bertz CT molecular complexity index is 852. The molecule has 2 saturated carbocycles. The van der Waals surface area contributed by atoms with Crippen molar-refractivity contribution in [1.82, 2.24) is 0 Å². The van der Waals surface area contributed by atoms with Crippen molar-refractivity contribution in [2.75, 3.05) is 0 Å². The van der Waals surface area contributed by atoms with Gasteiger partial charge >= 0.3 is 0 Å². The van der Waals surface area contributed by atoms with E-state index in [1.54, 1.807) is 0 Å². The summed E-state index contributed by atoms with van der Waals surface area (Å²) in [4.78, 5) is -2.44. The van der Waals surface area contributed by atoms with Gasteiger partial charge in [-0.25, -0.2) is 0 Å². The largest absolute Gasteiger partial charge is 0.374 e. The monoisotopic (exact) mass is 498 g/mol. The fraction of sp³-hybridized carbons (Fsp3) is 0.800. The SMILES string of the molecule is ClC1=C(Cl)[C@]2(Cl)[C@@H]3[C@@H]4O[C@@H]([C@H]5[C@H]6O[C@@H]([C@@H]45)[C@H]4[C@@H]6[C@H]5C=C[C@@H]4C5)[C@@H]3[C@@]1(Cl)C2(Cl)Cl. The highest BCUT2D eigenvalue weighted by Crippen LogP contribution is 2.83. The second-order valence-electron chi connectivity index (χ2n) is 10.1. The fourth-order valence-corrected chi connectivity index (χ4v) is 12.1. The van der Waals surface area contributed by atoms with Gasteiger partial charge in [0, 0.05) is 23.7 Å². The lowest BCUT2D eigenvalue weighted by molar-refractivity contribution is -0.0186. The highest BCUT2D eigenvalue weighted by molar-refractivity contribution is 6.65. The first kappa shape index (κ1) is 17.7. The minimum absolute atomic E-state index is 0.0902. The van der Waals surface area contributed by atoms with E-state index < -0.39 is 14.1 Å². The van der Waals surface area contributed by atoms with Crippen molar-refractivity contribution in [2.45, 2.75) is 44.9 Å². The first-order chi connectivity index (χ1) is 13.2. The molecule has 0 aromatic carbocycles. The molecule has 8 rings (SSSR count). The molecular weight excluding hydrogens is 485 g/mol. The number of hydrogen-bond donors (Lipinski definition) is 0. The molecule has 8 aliphatic rings. The van der Waals surface area contributed by atoms with Crippen LogP contribution in [0, 0.1) is 47.3 Å². The second kappa shape index (κ2) is 4.74. The maximum Gasteiger partial charge on any atom is 0.167 e. The fourth-order valence-electron chi connectivity index (χ4n) is 9.07. The highest BCUT2D eigenvalue weighted by Gasteiger charge is 2.90. The minimum atomic E-state index is -1.47. The lowest BCUT2D eigenvalue weighted by Gasteiger charge is -2.46. The third-order valence-corrected chi connectivity index (χ3v) is 14.0. The quantitative estimate of drug-likeness (QED) is 0.332. The number of rotatable bonds is 0. The second-order valence-corrected chi connectivity index (χ2v) is 13.3. The van der Waals surface area contributed by atoms with Crippen molar-refractivity contribution in [3.8, 4) is 0 Å². The lowest BCUT2D eigenvalue weighted by atomic mass is 9.55. The van der Waals surface area contributed by atoms with E-state index in [1.807, 2.05) is 0 Å². The van der Waals surface area contributed by atoms with Gasteiger partial charge in [0.05, 0.1) is 34.5 Å². The third kappa shape index (κ3) is 1.37. The summed E-state index contributed by atoms with van der Waals surface area (Å²) in [7, 11) is 0. The van der Waals surface area contributed by atoms with Crippen LogP contribution in [0.4, 0.5) is 0 Å². The van der Waals surface area contributed by atoms with E-state index in [0.29, 0.717) is 35.5 Å². The minimum Gasteiger partial charge on any atom is -0.374 e. The van der Waals surface area contributed by atoms with Gasteiger partial charge in [0.2, 0.25) is 0 Å². The molecule has 8 heteroatoms. The molecule has 28 heavy (non-hydrogen) atoms. The van der Waals surface area contributed by atoms with E-state index in [-0.39, 0.29) is 46.3 Å². The first-order valence-electron chi connectivity index (χ1n) is 10.1. The molecule has 6 fully saturated rings. The van der Waals surface area contributed by atoms with Crippen LogP contribution in [0.1, 0.15) is 6.42 Å². The van der Waals surface area contributed by atoms with Crippen molar-refractivity contribution in [3.05, 3.63) is 22.2 Å². The van der Waals surface area contributed by atoms with Gasteiger partial charge in [0.25, 0.3) is 0 Å². The first-order valence-corrected chi connectivity index (χ1v) is 12.3. The number of hydrogen-bond acceptors (Lipinski definition) is 2. The topological polar surface area (TPSA) is 18.5 Å². The number of halogens is 6. The van der Waals surface area contributed by atoms with E-state index in [4.69, 9.17) is 79.1 Å². The molecule has 4 aliphatic carbocycles. The summed E-state index contributed by atoms with van der Waals surface area (Å²) in [6.07, 6.45) is 6.34. The number of alkyl halides is 4. The Morgan fingerprint density at radius 1 is 0.679 bits per heavy atom. The van der Waals surface area contributed by atoms with Crippen LogP contribution in [0.3, 0.4) is 0 Å². The molecule has 0 N–H and O–H groups in total. The van der Waals surface area contributed by atoms with Crippen molar-refractivity contribution in [1.29, 1.82) is 0 Å². The molecule has 4 heterocycles. The zero-order valence-electron chi connectivity index (χ0n) is 14.4. The van der Waals surface area contributed by atoms with Gasteiger partial charge in [-0.2, -0.15) is 0 Å². The van der Waals surface area contributed by atoms with Gasteiger partial charge in [-0.3, -0.25) is 0 Å². The van der Waals surface area contributed by atoms with Gasteiger partial charge in [0.1, 0.15) is 9.75 Å². The van der Waals surface area contributed by atoms with Crippen LogP contribution in [0.2, 0.25) is 0 Å². The Morgan fingerprint density at radius 2 is 1.11 bits per heavy atom. The number of ether oxygens (including phenoxy) is 2. The molecule has 0 radical (unpaired) electrons. The summed E-state index contributed by atoms with van der Waals surface area (Å²) in [5.41, 5.74) is 0. The molecule has 2 nitrogen and oxygen atoms in total. The predicted molar refractivity (Wildman–Crippen MR) is 109 cm³/mol. The number of fused-ring (bicyclic) bond motifs is 23. The molecule has 4 saturated heterocycles. The highest BCUT2D eigenvalue weighted by atomic mass is 35.5. The van der Waals surface area contributed by atoms with Crippen molar-refractivity contribution < 1.29 is 9.47 Å². The molecule has 14 atom stereocenters. The molecular formula is C20H16Cl6O2. The molecule has 0 unspecified atom stereocenters. The molecule has 150 valence electrons. The van der Waals surface area contributed by atoms with Crippen LogP contribution >= 0.6 is 69.6 Å². The Hall–Kier alpha value is 1.14. The Kier molecular flexibility index (Phi) is 2.99. The summed E-state index contributed by atoms with van der Waals surface area (Å²) in [5.74, 6) is 2.80. The van der Waals surface area contributed by atoms with Gasteiger partial charge in [-0.15, -0.1) is 23.2 Å². The molecule has 0 aromatic heterocycles. The Labute approximate surface area is 192 Å². The third-order valence-electron chi connectivity index (χ3n) is 9.69. The van der Waals surface area contributed by atoms with Crippen LogP contribution < -0.4 is 0 Å². The van der Waals surface area contributed by atoms with Gasteiger partial charge in [0.15, 0.2) is 4.33 Å². The molecule has 0 aromatic rings. The van der Waals surface area contributed by atoms with Gasteiger partial charge < -0.3 is 9.47 Å².